The number of pyridine rings is 2. The van der Waals surface area contributed by atoms with Gasteiger partial charge in [0.2, 0.25) is 0 Å². The minimum absolute atomic E-state index is 0.00832. The molecule has 0 aliphatic rings. The molecular formula is C19H17N5O. The number of fused-ring (bicyclic) bond motifs is 1. The van der Waals surface area contributed by atoms with E-state index in [-0.39, 0.29) is 12.2 Å². The number of hydrogen-bond donors (Lipinski definition) is 2. The summed E-state index contributed by atoms with van der Waals surface area (Å²) in [6, 6.07) is 7.90. The third kappa shape index (κ3) is 2.82. The maximum Gasteiger partial charge on any atom is 0.187 e. The summed E-state index contributed by atoms with van der Waals surface area (Å²) in [4.78, 5) is 24.4. The van der Waals surface area contributed by atoms with Crippen molar-refractivity contribution in [2.24, 2.45) is 0 Å². The van der Waals surface area contributed by atoms with E-state index in [2.05, 4.69) is 25.1 Å². The zero-order valence-electron chi connectivity index (χ0n) is 14.0. The summed E-state index contributed by atoms with van der Waals surface area (Å²) < 4.78 is 0. The lowest BCUT2D eigenvalue weighted by Gasteiger charge is -2.00. The van der Waals surface area contributed by atoms with Crippen LogP contribution in [0.4, 0.5) is 0 Å². The average Bonchev–Trinajstić information content (AvgIpc) is 3.19. The molecule has 124 valence electrons. The number of nitrogens with zero attached hydrogens (tertiary/aromatic N) is 3. The number of aromatic amines is 2. The van der Waals surface area contributed by atoms with E-state index >= 15 is 0 Å². The average molecular weight is 331 g/mol. The minimum atomic E-state index is -0.00832. The number of hydrogen-bond acceptors (Lipinski definition) is 4. The van der Waals surface area contributed by atoms with Crippen molar-refractivity contribution in [1.29, 1.82) is 0 Å². The van der Waals surface area contributed by atoms with E-state index in [4.69, 9.17) is 0 Å². The lowest BCUT2D eigenvalue weighted by molar-refractivity contribution is 0.0987. The van der Waals surface area contributed by atoms with E-state index in [1.165, 1.54) is 0 Å². The Kier molecular flexibility index (Phi) is 3.65. The zero-order valence-corrected chi connectivity index (χ0v) is 14.0. The largest absolute Gasteiger partial charge is 0.339 e. The van der Waals surface area contributed by atoms with Crippen molar-refractivity contribution in [2.75, 3.05) is 0 Å². The second-order valence-electron chi connectivity index (χ2n) is 6.13. The predicted molar refractivity (Wildman–Crippen MR) is 95.4 cm³/mol. The second kappa shape index (κ2) is 5.98. The molecule has 4 aromatic rings. The van der Waals surface area contributed by atoms with Crippen molar-refractivity contribution in [2.45, 2.75) is 20.3 Å². The van der Waals surface area contributed by atoms with Crippen LogP contribution in [0.15, 0.2) is 42.9 Å². The van der Waals surface area contributed by atoms with Crippen molar-refractivity contribution in [3.05, 3.63) is 65.4 Å². The van der Waals surface area contributed by atoms with Crippen molar-refractivity contribution in [3.63, 3.8) is 0 Å². The Morgan fingerprint density at radius 1 is 1.20 bits per heavy atom. The Morgan fingerprint density at radius 3 is 2.80 bits per heavy atom. The van der Waals surface area contributed by atoms with Gasteiger partial charge in [0.05, 0.1) is 0 Å². The highest BCUT2D eigenvalue weighted by atomic mass is 16.1. The number of aryl methyl sites for hydroxylation is 1. The fraction of sp³-hybridized carbons (Fsp3) is 0.158. The van der Waals surface area contributed by atoms with Crippen molar-refractivity contribution < 1.29 is 4.79 Å². The monoisotopic (exact) mass is 331 g/mol. The van der Waals surface area contributed by atoms with Crippen molar-refractivity contribution in [3.8, 4) is 11.3 Å². The number of carbonyl (C=O) groups excluding carboxylic acids is 1. The van der Waals surface area contributed by atoms with Crippen LogP contribution in [0.5, 0.6) is 0 Å². The van der Waals surface area contributed by atoms with Gasteiger partial charge in [-0.2, -0.15) is 5.10 Å². The lowest BCUT2D eigenvalue weighted by Crippen LogP contribution is -2.06. The summed E-state index contributed by atoms with van der Waals surface area (Å²) in [5, 5.41) is 7.94. The first-order valence-electron chi connectivity index (χ1n) is 8.04. The number of H-pyrrole nitrogens is 2. The number of aromatic nitrogens is 5. The Balaban J connectivity index is 1.63. The molecule has 0 saturated carbocycles. The SMILES string of the molecule is Cc1[nH]nc(C(=O)Cc2cnc3[nH]c(-c4cccnc4)cc3c2)c1C. The Hall–Kier alpha value is -3.28. The first-order chi connectivity index (χ1) is 12.1. The molecule has 0 spiro atoms. The maximum atomic E-state index is 12.5. The van der Waals surface area contributed by atoms with Crippen molar-refractivity contribution >= 4 is 16.8 Å². The molecule has 0 unspecified atom stereocenters. The summed E-state index contributed by atoms with van der Waals surface area (Å²) >= 11 is 0. The van der Waals surface area contributed by atoms with Crippen molar-refractivity contribution in [1.82, 2.24) is 25.1 Å². The molecule has 25 heavy (non-hydrogen) atoms. The van der Waals surface area contributed by atoms with Gasteiger partial charge >= 0.3 is 0 Å². The summed E-state index contributed by atoms with van der Waals surface area (Å²) in [6.07, 6.45) is 5.56. The molecule has 4 rings (SSSR count). The first kappa shape index (κ1) is 15.3. The number of ketones is 1. The van der Waals surface area contributed by atoms with E-state index < -0.39 is 0 Å². The summed E-state index contributed by atoms with van der Waals surface area (Å²) in [5.74, 6) is -0.00832. The minimum Gasteiger partial charge on any atom is -0.339 e. The van der Waals surface area contributed by atoms with Crippen LogP contribution in [0.2, 0.25) is 0 Å². The second-order valence-corrected chi connectivity index (χ2v) is 6.13. The van der Waals surface area contributed by atoms with Crippen LogP contribution < -0.4 is 0 Å². The smallest absolute Gasteiger partial charge is 0.187 e. The molecule has 0 bridgehead atoms. The molecule has 0 aliphatic heterocycles. The molecule has 0 amide bonds. The van der Waals surface area contributed by atoms with Crippen LogP contribution in [0.3, 0.4) is 0 Å². The number of rotatable bonds is 4. The molecule has 2 N–H and O–H groups in total. The molecule has 0 aliphatic carbocycles. The highest BCUT2D eigenvalue weighted by Gasteiger charge is 2.15. The van der Waals surface area contributed by atoms with Gasteiger partial charge in [-0.1, -0.05) is 0 Å². The van der Waals surface area contributed by atoms with Crippen LogP contribution in [0.1, 0.15) is 27.3 Å². The van der Waals surface area contributed by atoms with Gasteiger partial charge in [-0.25, -0.2) is 4.98 Å². The number of nitrogens with one attached hydrogen (secondary N) is 2. The lowest BCUT2D eigenvalue weighted by atomic mass is 10.0. The molecule has 4 aromatic heterocycles. The van der Waals surface area contributed by atoms with Gasteiger partial charge in [0.25, 0.3) is 0 Å². The van der Waals surface area contributed by atoms with Crippen LogP contribution in [0.25, 0.3) is 22.3 Å². The molecule has 0 aromatic carbocycles. The zero-order chi connectivity index (χ0) is 17.4. The molecule has 0 radical (unpaired) electrons. The quantitative estimate of drug-likeness (QED) is 0.561. The molecular weight excluding hydrogens is 314 g/mol. The predicted octanol–water partition coefficient (Wildman–Crippen LogP) is 3.39. The van der Waals surface area contributed by atoms with Gasteiger partial charge in [-0.3, -0.25) is 14.9 Å². The normalized spacial score (nSPS) is 11.1. The third-order valence-corrected chi connectivity index (χ3v) is 4.38. The Bertz CT molecular complexity index is 1060. The van der Waals surface area contributed by atoms with Gasteiger partial charge in [0.1, 0.15) is 11.3 Å². The Morgan fingerprint density at radius 2 is 2.08 bits per heavy atom. The highest BCUT2D eigenvalue weighted by Crippen LogP contribution is 2.23. The Labute approximate surface area is 144 Å². The molecule has 4 heterocycles. The van der Waals surface area contributed by atoms with Gasteiger partial charge in [0, 0.05) is 52.9 Å². The third-order valence-electron chi connectivity index (χ3n) is 4.38. The van der Waals surface area contributed by atoms with Crippen LogP contribution in [-0.4, -0.2) is 30.9 Å². The van der Waals surface area contributed by atoms with Crippen LogP contribution >= 0.6 is 0 Å². The van der Waals surface area contributed by atoms with Gasteiger partial charge in [0.15, 0.2) is 5.78 Å². The van der Waals surface area contributed by atoms with E-state index in [0.29, 0.717) is 5.69 Å². The van der Waals surface area contributed by atoms with Gasteiger partial charge < -0.3 is 4.98 Å². The summed E-state index contributed by atoms with van der Waals surface area (Å²) in [6.45, 7) is 3.81. The van der Waals surface area contributed by atoms with Gasteiger partial charge in [-0.15, -0.1) is 0 Å². The first-order valence-corrected chi connectivity index (χ1v) is 8.04. The topological polar surface area (TPSA) is 87.3 Å². The maximum absolute atomic E-state index is 12.5. The summed E-state index contributed by atoms with van der Waals surface area (Å²) in [7, 11) is 0. The highest BCUT2D eigenvalue weighted by molar-refractivity contribution is 5.97. The van der Waals surface area contributed by atoms with E-state index in [0.717, 1.165) is 39.1 Å². The molecule has 0 fully saturated rings. The van der Waals surface area contributed by atoms with Crippen LogP contribution in [0, 0.1) is 13.8 Å². The molecule has 0 atom stereocenters. The molecule has 0 saturated heterocycles. The van der Waals surface area contributed by atoms with Gasteiger partial charge in [-0.05, 0) is 43.7 Å². The number of carbonyl (C=O) groups is 1. The van der Waals surface area contributed by atoms with E-state index in [9.17, 15) is 4.79 Å². The summed E-state index contributed by atoms with van der Waals surface area (Å²) in [5.41, 5.74) is 5.95. The van der Waals surface area contributed by atoms with E-state index in [1.807, 2.05) is 38.1 Å². The fourth-order valence-electron chi connectivity index (χ4n) is 2.86. The standard InChI is InChI=1S/C19H17N5O/c1-11-12(2)23-24-18(11)17(25)7-13-6-15-8-16(22-19(15)21-9-13)14-4-3-5-20-10-14/h3-6,8-10H,7H2,1-2H3,(H,21,22)(H,23,24). The van der Waals surface area contributed by atoms with Crippen LogP contribution in [-0.2, 0) is 6.42 Å². The fourth-order valence-corrected chi connectivity index (χ4v) is 2.86. The number of Topliss-reactive ketones (excluding diaryl/α,β-unsaturated/α-hetero) is 1. The molecule has 6 heteroatoms. The van der Waals surface area contributed by atoms with E-state index in [1.54, 1.807) is 18.6 Å². The molecule has 6 nitrogen and oxygen atoms in total.